The van der Waals surface area contributed by atoms with Crippen LogP contribution in [0, 0.1) is 23.3 Å². The van der Waals surface area contributed by atoms with Crippen molar-refractivity contribution in [2.45, 2.75) is 46.0 Å². The first-order chi connectivity index (χ1) is 12.0. The summed E-state index contributed by atoms with van der Waals surface area (Å²) in [5.74, 6) is -4.83. The van der Waals surface area contributed by atoms with Gasteiger partial charge in [-0.1, -0.05) is 45.2 Å². The van der Waals surface area contributed by atoms with Crippen molar-refractivity contribution in [3.8, 4) is 16.9 Å². The predicted octanol–water partition coefficient (Wildman–Crippen LogP) is 6.43. The summed E-state index contributed by atoms with van der Waals surface area (Å²) >= 11 is 0. The molecule has 0 saturated carbocycles. The molecule has 2 rings (SSSR count). The first-order valence-corrected chi connectivity index (χ1v) is 8.59. The zero-order valence-corrected chi connectivity index (χ0v) is 14.5. The van der Waals surface area contributed by atoms with Gasteiger partial charge in [-0.3, -0.25) is 0 Å². The lowest BCUT2D eigenvalue weighted by Gasteiger charge is -2.12. The van der Waals surface area contributed by atoms with Crippen LogP contribution < -0.4 is 4.74 Å². The third kappa shape index (κ3) is 4.33. The van der Waals surface area contributed by atoms with E-state index in [-0.39, 0.29) is 29.0 Å². The Morgan fingerprint density at radius 3 is 2.00 bits per heavy atom. The molecule has 0 aliphatic heterocycles. The average Bonchev–Trinajstić information content (AvgIpc) is 2.60. The lowest BCUT2D eigenvalue weighted by molar-refractivity contribution is 0.286. The zero-order valence-electron chi connectivity index (χ0n) is 14.5. The predicted molar refractivity (Wildman–Crippen MR) is 90.7 cm³/mol. The van der Waals surface area contributed by atoms with Crippen molar-refractivity contribution in [1.29, 1.82) is 0 Å². The van der Waals surface area contributed by atoms with Crippen LogP contribution in [-0.2, 0) is 6.42 Å². The standard InChI is InChI=1S/C20H22F4O/c1-3-5-6-12-25-16-11-10-15(19(23)20(16)24)14-9-8-13(7-4-2)17(21)18(14)22/h8-11H,3-7,12H2,1-2H3. The second-order valence-electron chi connectivity index (χ2n) is 5.95. The molecule has 0 aliphatic carbocycles. The second-order valence-corrected chi connectivity index (χ2v) is 5.95. The van der Waals surface area contributed by atoms with Gasteiger partial charge in [0.15, 0.2) is 23.2 Å². The van der Waals surface area contributed by atoms with Crippen LogP contribution in [-0.4, -0.2) is 6.61 Å². The fraction of sp³-hybridized carbons (Fsp3) is 0.400. The van der Waals surface area contributed by atoms with Crippen LogP contribution in [0.1, 0.15) is 45.1 Å². The van der Waals surface area contributed by atoms with Crippen LogP contribution in [0.2, 0.25) is 0 Å². The maximum Gasteiger partial charge on any atom is 0.201 e. The van der Waals surface area contributed by atoms with Crippen LogP contribution >= 0.6 is 0 Å². The van der Waals surface area contributed by atoms with Crippen LogP contribution in [0.15, 0.2) is 24.3 Å². The molecule has 0 amide bonds. The van der Waals surface area contributed by atoms with E-state index in [1.54, 1.807) is 0 Å². The summed E-state index contributed by atoms with van der Waals surface area (Å²) in [6.07, 6.45) is 3.68. The fourth-order valence-corrected chi connectivity index (χ4v) is 2.65. The van der Waals surface area contributed by atoms with Crippen molar-refractivity contribution < 1.29 is 22.3 Å². The lowest BCUT2D eigenvalue weighted by atomic mass is 10.00. The van der Waals surface area contributed by atoms with E-state index in [0.29, 0.717) is 12.8 Å². The van der Waals surface area contributed by atoms with Gasteiger partial charge in [-0.2, -0.15) is 4.39 Å². The Kier molecular flexibility index (Phi) is 6.85. The summed E-state index contributed by atoms with van der Waals surface area (Å²) in [5.41, 5.74) is -0.398. The van der Waals surface area contributed by atoms with Crippen molar-refractivity contribution in [2.24, 2.45) is 0 Å². The minimum atomic E-state index is -1.24. The van der Waals surface area contributed by atoms with E-state index in [1.807, 2.05) is 13.8 Å². The number of rotatable bonds is 8. The van der Waals surface area contributed by atoms with Gasteiger partial charge in [-0.05, 0) is 30.5 Å². The lowest BCUT2D eigenvalue weighted by Crippen LogP contribution is -2.03. The van der Waals surface area contributed by atoms with E-state index in [0.717, 1.165) is 19.3 Å². The molecule has 0 spiro atoms. The van der Waals surface area contributed by atoms with Gasteiger partial charge in [0.05, 0.1) is 6.61 Å². The number of ether oxygens (including phenoxy) is 1. The van der Waals surface area contributed by atoms with E-state index < -0.39 is 23.3 Å². The maximum atomic E-state index is 14.3. The Balaban J connectivity index is 2.31. The van der Waals surface area contributed by atoms with Gasteiger partial charge in [-0.25, -0.2) is 13.2 Å². The topological polar surface area (TPSA) is 9.23 Å². The van der Waals surface area contributed by atoms with Crippen molar-refractivity contribution in [1.82, 2.24) is 0 Å². The number of hydrogen-bond acceptors (Lipinski definition) is 1. The van der Waals surface area contributed by atoms with E-state index >= 15 is 0 Å². The Hall–Kier alpha value is -2.04. The molecular formula is C20H22F4O. The maximum absolute atomic E-state index is 14.3. The molecule has 0 radical (unpaired) electrons. The van der Waals surface area contributed by atoms with Gasteiger partial charge in [-0.15, -0.1) is 0 Å². The van der Waals surface area contributed by atoms with Crippen LogP contribution in [0.3, 0.4) is 0 Å². The molecule has 25 heavy (non-hydrogen) atoms. The highest BCUT2D eigenvalue weighted by Crippen LogP contribution is 2.33. The largest absolute Gasteiger partial charge is 0.490 e. The molecular weight excluding hydrogens is 332 g/mol. The van der Waals surface area contributed by atoms with E-state index in [4.69, 9.17) is 4.74 Å². The minimum Gasteiger partial charge on any atom is -0.490 e. The van der Waals surface area contributed by atoms with E-state index in [2.05, 4.69) is 0 Å². The molecule has 0 heterocycles. The summed E-state index contributed by atoms with van der Waals surface area (Å²) in [6, 6.07) is 5.15. The van der Waals surface area contributed by atoms with Crippen molar-refractivity contribution in [3.63, 3.8) is 0 Å². The normalized spacial score (nSPS) is 11.0. The van der Waals surface area contributed by atoms with Crippen LogP contribution in [0.25, 0.3) is 11.1 Å². The molecule has 0 atom stereocenters. The Morgan fingerprint density at radius 2 is 1.36 bits per heavy atom. The van der Waals surface area contributed by atoms with Crippen molar-refractivity contribution in [2.75, 3.05) is 6.61 Å². The fourth-order valence-electron chi connectivity index (χ4n) is 2.65. The molecule has 0 N–H and O–H groups in total. The summed E-state index contributed by atoms with van der Waals surface area (Å²) in [7, 11) is 0. The van der Waals surface area contributed by atoms with Gasteiger partial charge in [0.2, 0.25) is 5.82 Å². The highest BCUT2D eigenvalue weighted by atomic mass is 19.2. The second kappa shape index (κ2) is 8.88. The van der Waals surface area contributed by atoms with Gasteiger partial charge in [0.1, 0.15) is 0 Å². The number of halogens is 4. The van der Waals surface area contributed by atoms with Crippen LogP contribution in [0.4, 0.5) is 17.6 Å². The molecule has 1 nitrogen and oxygen atoms in total. The molecule has 2 aromatic carbocycles. The SMILES string of the molecule is CCCCCOc1ccc(-c2ccc(CCC)c(F)c2F)c(F)c1F. The van der Waals surface area contributed by atoms with E-state index in [1.165, 1.54) is 24.3 Å². The smallest absolute Gasteiger partial charge is 0.201 e. The minimum absolute atomic E-state index is 0.221. The number of benzene rings is 2. The van der Waals surface area contributed by atoms with E-state index in [9.17, 15) is 17.6 Å². The van der Waals surface area contributed by atoms with Gasteiger partial charge < -0.3 is 4.74 Å². The van der Waals surface area contributed by atoms with Gasteiger partial charge in [0.25, 0.3) is 0 Å². The molecule has 0 unspecified atom stereocenters. The Labute approximate surface area is 145 Å². The Bertz CT molecular complexity index is 728. The molecule has 0 fully saturated rings. The number of unbranched alkanes of at least 4 members (excludes halogenated alkanes) is 2. The molecule has 0 saturated heterocycles. The third-order valence-electron chi connectivity index (χ3n) is 4.02. The zero-order chi connectivity index (χ0) is 18.4. The average molecular weight is 354 g/mol. The molecule has 136 valence electrons. The number of hydrogen-bond donors (Lipinski definition) is 0. The first kappa shape index (κ1) is 19.3. The van der Waals surface area contributed by atoms with Gasteiger partial charge in [0, 0.05) is 11.1 Å². The van der Waals surface area contributed by atoms with Gasteiger partial charge >= 0.3 is 0 Å². The summed E-state index contributed by atoms with van der Waals surface area (Å²) in [6.45, 7) is 4.15. The summed E-state index contributed by atoms with van der Waals surface area (Å²) in [4.78, 5) is 0. The summed E-state index contributed by atoms with van der Waals surface area (Å²) < 4.78 is 62.1. The van der Waals surface area contributed by atoms with Crippen molar-refractivity contribution >= 4 is 0 Å². The van der Waals surface area contributed by atoms with Crippen molar-refractivity contribution in [3.05, 3.63) is 53.1 Å². The molecule has 0 bridgehead atoms. The quantitative estimate of drug-likeness (QED) is 0.392. The highest BCUT2D eigenvalue weighted by Gasteiger charge is 2.21. The Morgan fingerprint density at radius 1 is 0.720 bits per heavy atom. The first-order valence-electron chi connectivity index (χ1n) is 8.59. The van der Waals surface area contributed by atoms with Crippen LogP contribution in [0.5, 0.6) is 5.75 Å². The number of aryl methyl sites for hydroxylation is 1. The molecule has 0 aliphatic rings. The monoisotopic (exact) mass is 354 g/mol. The summed E-state index contributed by atoms with van der Waals surface area (Å²) in [5, 5.41) is 0. The molecule has 2 aromatic rings. The third-order valence-corrected chi connectivity index (χ3v) is 4.02. The molecule has 5 heteroatoms. The highest BCUT2D eigenvalue weighted by molar-refractivity contribution is 5.66. The molecule has 0 aromatic heterocycles.